The zero-order valence-electron chi connectivity index (χ0n) is 25.1. The SMILES string of the molecule is CC(=O)C(=Cc1ccccc1)Oc1ccccc1OCCCN1CCN(C)CC1.O=C(O)/C=C\C(=O)O.O=C(O)/C=C\C(=O)O. The molecule has 1 heterocycles. The van der Waals surface area contributed by atoms with Crippen molar-refractivity contribution in [3.05, 3.63) is 90.2 Å². The number of carboxylic acid groups (broad SMARTS) is 4. The number of carboxylic acids is 4. The number of ketones is 1. The monoisotopic (exact) mass is 626 g/mol. The molecule has 13 nitrogen and oxygen atoms in total. The van der Waals surface area contributed by atoms with Crippen LogP contribution in [0.2, 0.25) is 0 Å². The van der Waals surface area contributed by atoms with Crippen molar-refractivity contribution in [1.29, 1.82) is 0 Å². The molecule has 0 aromatic heterocycles. The normalized spacial score (nSPS) is 13.6. The van der Waals surface area contributed by atoms with Gasteiger partial charge in [-0.1, -0.05) is 42.5 Å². The first-order valence-corrected chi connectivity index (χ1v) is 13.7. The fourth-order valence-electron chi connectivity index (χ4n) is 3.50. The molecule has 2 aromatic carbocycles. The zero-order chi connectivity index (χ0) is 33.6. The first-order chi connectivity index (χ1) is 21.4. The van der Waals surface area contributed by atoms with Gasteiger partial charge in [0.2, 0.25) is 0 Å². The molecular weight excluding hydrogens is 588 g/mol. The molecule has 0 spiro atoms. The minimum Gasteiger partial charge on any atom is -0.490 e. The third kappa shape index (κ3) is 18.8. The summed E-state index contributed by atoms with van der Waals surface area (Å²) in [5.41, 5.74) is 0.920. The molecule has 0 amide bonds. The van der Waals surface area contributed by atoms with E-state index in [2.05, 4.69) is 16.8 Å². The number of benzene rings is 2. The smallest absolute Gasteiger partial charge is 0.328 e. The maximum atomic E-state index is 12.1. The lowest BCUT2D eigenvalue weighted by molar-refractivity contribution is -0.134. The second kappa shape index (κ2) is 21.4. The average molecular weight is 627 g/mol. The van der Waals surface area contributed by atoms with E-state index in [9.17, 15) is 24.0 Å². The second-order valence-electron chi connectivity index (χ2n) is 9.39. The Kier molecular flexibility index (Phi) is 18.0. The second-order valence-corrected chi connectivity index (χ2v) is 9.39. The lowest BCUT2D eigenvalue weighted by Crippen LogP contribution is -2.44. The molecule has 13 heteroatoms. The van der Waals surface area contributed by atoms with Crippen molar-refractivity contribution < 1.29 is 53.9 Å². The molecule has 1 saturated heterocycles. The van der Waals surface area contributed by atoms with Crippen molar-refractivity contribution >= 4 is 35.7 Å². The van der Waals surface area contributed by atoms with Crippen LogP contribution in [-0.2, 0) is 24.0 Å². The molecule has 1 aliphatic rings. The van der Waals surface area contributed by atoms with E-state index in [4.69, 9.17) is 29.9 Å². The van der Waals surface area contributed by atoms with E-state index in [1.54, 1.807) is 6.08 Å². The van der Waals surface area contributed by atoms with Crippen molar-refractivity contribution in [2.45, 2.75) is 13.3 Å². The molecule has 0 bridgehead atoms. The quantitative estimate of drug-likeness (QED) is 0.144. The number of Topliss-reactive ketones (excluding diaryl/α,β-unsaturated/α-hetero) is 1. The van der Waals surface area contributed by atoms with Crippen LogP contribution in [0.5, 0.6) is 11.5 Å². The van der Waals surface area contributed by atoms with Crippen LogP contribution >= 0.6 is 0 Å². The average Bonchev–Trinajstić information content (AvgIpc) is 2.99. The molecule has 3 rings (SSSR count). The minimum atomic E-state index is -1.26. The predicted octanol–water partition coefficient (Wildman–Crippen LogP) is 3.14. The Morgan fingerprint density at radius 3 is 1.64 bits per heavy atom. The Labute approximate surface area is 260 Å². The molecule has 1 fully saturated rings. The van der Waals surface area contributed by atoms with E-state index < -0.39 is 23.9 Å². The number of nitrogens with zero attached hydrogens (tertiary/aromatic N) is 2. The molecule has 2 aromatic rings. The summed E-state index contributed by atoms with van der Waals surface area (Å²) in [6.45, 7) is 7.63. The van der Waals surface area contributed by atoms with E-state index in [1.165, 1.54) is 6.92 Å². The lowest BCUT2D eigenvalue weighted by Gasteiger charge is -2.32. The Bertz CT molecular complexity index is 1280. The number of para-hydroxylation sites is 2. The molecule has 4 N–H and O–H groups in total. The van der Waals surface area contributed by atoms with Crippen LogP contribution in [-0.4, -0.2) is 106 Å². The third-order valence-corrected chi connectivity index (χ3v) is 5.72. The number of aliphatic carboxylic acids is 4. The summed E-state index contributed by atoms with van der Waals surface area (Å²) >= 11 is 0. The van der Waals surface area contributed by atoms with Gasteiger partial charge >= 0.3 is 23.9 Å². The van der Waals surface area contributed by atoms with Crippen LogP contribution in [0.1, 0.15) is 18.9 Å². The van der Waals surface area contributed by atoms with E-state index in [0.717, 1.165) is 44.7 Å². The fourth-order valence-corrected chi connectivity index (χ4v) is 3.50. The minimum absolute atomic E-state index is 0.126. The van der Waals surface area contributed by atoms with Crippen molar-refractivity contribution in [2.24, 2.45) is 0 Å². The van der Waals surface area contributed by atoms with Gasteiger partial charge in [-0.05, 0) is 37.2 Å². The van der Waals surface area contributed by atoms with Crippen LogP contribution in [0.3, 0.4) is 0 Å². The van der Waals surface area contributed by atoms with Gasteiger partial charge in [-0.15, -0.1) is 0 Å². The fraction of sp³-hybridized carbons (Fsp3) is 0.281. The van der Waals surface area contributed by atoms with Gasteiger partial charge < -0.3 is 39.7 Å². The van der Waals surface area contributed by atoms with Gasteiger partial charge in [0.05, 0.1) is 6.61 Å². The molecule has 45 heavy (non-hydrogen) atoms. The highest BCUT2D eigenvalue weighted by Gasteiger charge is 2.14. The number of carbonyl (C=O) groups excluding carboxylic acids is 1. The lowest BCUT2D eigenvalue weighted by atomic mass is 10.2. The predicted molar refractivity (Wildman–Crippen MR) is 165 cm³/mol. The van der Waals surface area contributed by atoms with Crippen LogP contribution in [0.25, 0.3) is 6.08 Å². The highest BCUT2D eigenvalue weighted by molar-refractivity contribution is 5.96. The molecule has 1 aliphatic heterocycles. The summed E-state index contributed by atoms with van der Waals surface area (Å²) in [5.74, 6) is -3.64. The highest BCUT2D eigenvalue weighted by atomic mass is 16.5. The van der Waals surface area contributed by atoms with E-state index in [-0.39, 0.29) is 5.78 Å². The zero-order valence-corrected chi connectivity index (χ0v) is 25.1. The summed E-state index contributed by atoms with van der Waals surface area (Å²) in [5, 5.41) is 31.2. The van der Waals surface area contributed by atoms with Gasteiger partial charge in [0.15, 0.2) is 23.0 Å². The standard InChI is InChI=1S/C24H30N2O3.2C4H4O4/c1-20(27)24(19-21-9-4-3-5-10-21)29-23-12-7-6-11-22(23)28-18-8-13-26-16-14-25(2)15-17-26;2*5-3(6)1-2-4(7)8/h3-7,9-12,19H,8,13-18H2,1-2H3;2*1-2H,(H,5,6)(H,7,8)/b;2*2-1-. The van der Waals surface area contributed by atoms with E-state index in [1.807, 2.05) is 54.6 Å². The van der Waals surface area contributed by atoms with Crippen LogP contribution < -0.4 is 9.47 Å². The largest absolute Gasteiger partial charge is 0.490 e. The molecule has 242 valence electrons. The van der Waals surface area contributed by atoms with Crippen molar-refractivity contribution in [2.75, 3.05) is 46.4 Å². The third-order valence-electron chi connectivity index (χ3n) is 5.72. The van der Waals surface area contributed by atoms with Crippen LogP contribution in [0, 0.1) is 0 Å². The molecular formula is C32H38N2O11. The number of hydrogen-bond acceptors (Lipinski definition) is 9. The van der Waals surface area contributed by atoms with E-state index in [0.29, 0.717) is 48.2 Å². The Morgan fingerprint density at radius 1 is 0.711 bits per heavy atom. The topological polar surface area (TPSA) is 191 Å². The molecule has 0 atom stereocenters. The Balaban J connectivity index is 0.000000521. The first-order valence-electron chi connectivity index (χ1n) is 13.7. The first kappa shape index (κ1) is 37.8. The molecule has 0 saturated carbocycles. The van der Waals surface area contributed by atoms with E-state index >= 15 is 0 Å². The van der Waals surface area contributed by atoms with Crippen LogP contribution in [0.4, 0.5) is 0 Å². The van der Waals surface area contributed by atoms with Gasteiger partial charge in [0.25, 0.3) is 0 Å². The molecule has 0 radical (unpaired) electrons. The number of hydrogen-bond donors (Lipinski definition) is 4. The van der Waals surface area contributed by atoms with Gasteiger partial charge in [-0.2, -0.15) is 0 Å². The summed E-state index contributed by atoms with van der Waals surface area (Å²) in [6.07, 6.45) is 4.94. The summed E-state index contributed by atoms with van der Waals surface area (Å²) < 4.78 is 11.9. The number of allylic oxidation sites excluding steroid dienone is 1. The number of carbonyl (C=O) groups is 5. The number of piperazine rings is 1. The van der Waals surface area contributed by atoms with Crippen LogP contribution in [0.15, 0.2) is 84.7 Å². The highest BCUT2D eigenvalue weighted by Crippen LogP contribution is 2.29. The van der Waals surface area contributed by atoms with Gasteiger partial charge in [-0.3, -0.25) is 4.79 Å². The maximum Gasteiger partial charge on any atom is 0.328 e. The summed E-state index contributed by atoms with van der Waals surface area (Å²) in [4.78, 5) is 55.1. The number of ether oxygens (including phenoxy) is 2. The summed E-state index contributed by atoms with van der Waals surface area (Å²) in [7, 11) is 2.17. The van der Waals surface area contributed by atoms with Crippen molar-refractivity contribution in [3.8, 4) is 11.5 Å². The van der Waals surface area contributed by atoms with Gasteiger partial charge in [-0.25, -0.2) is 19.2 Å². The molecule has 0 aliphatic carbocycles. The Morgan fingerprint density at radius 2 is 1.18 bits per heavy atom. The van der Waals surface area contributed by atoms with Gasteiger partial charge in [0.1, 0.15) is 0 Å². The van der Waals surface area contributed by atoms with Crippen molar-refractivity contribution in [1.82, 2.24) is 9.80 Å². The maximum absolute atomic E-state index is 12.1. The van der Waals surface area contributed by atoms with Crippen molar-refractivity contribution in [3.63, 3.8) is 0 Å². The summed E-state index contributed by atoms with van der Waals surface area (Å²) in [6, 6.07) is 17.2. The number of rotatable bonds is 13. The Hall–Kier alpha value is -5.27. The number of likely N-dealkylation sites (N-methyl/N-ethyl adjacent to an activating group) is 1. The van der Waals surface area contributed by atoms with Gasteiger partial charge in [0, 0.05) is 64.0 Å². The molecule has 0 unspecified atom stereocenters.